The van der Waals surface area contributed by atoms with Gasteiger partial charge in [-0.05, 0) is 36.8 Å². The highest BCUT2D eigenvalue weighted by atomic mass is 19.1. The molecule has 0 aliphatic carbocycles. The second kappa shape index (κ2) is 4.82. The number of nitrogens with one attached hydrogen (secondary N) is 1. The molecule has 2 rings (SSSR count). The largest absolute Gasteiger partial charge is 0.508 e. The van der Waals surface area contributed by atoms with E-state index < -0.39 is 0 Å². The number of nitrogens with zero attached hydrogens (tertiary/aromatic N) is 1. The second-order valence-electron chi connectivity index (χ2n) is 3.82. The van der Waals surface area contributed by atoms with Gasteiger partial charge in [0.25, 0.3) is 0 Å². The Labute approximate surface area is 98.9 Å². The van der Waals surface area contributed by atoms with E-state index in [1.807, 2.05) is 13.0 Å². The van der Waals surface area contributed by atoms with Gasteiger partial charge in [0.05, 0.1) is 12.2 Å². The third-order valence-electron chi connectivity index (χ3n) is 2.46. The summed E-state index contributed by atoms with van der Waals surface area (Å²) in [5.74, 6) is 0.464. The molecule has 3 nitrogen and oxygen atoms in total. The Hall–Kier alpha value is -2.10. The first-order valence-corrected chi connectivity index (χ1v) is 5.32. The molecule has 1 heterocycles. The molecule has 0 spiro atoms. The minimum Gasteiger partial charge on any atom is -0.508 e. The lowest BCUT2D eigenvalue weighted by Crippen LogP contribution is -2.07. The summed E-state index contributed by atoms with van der Waals surface area (Å²) >= 11 is 0. The molecule has 0 saturated carbocycles. The Balaban J connectivity index is 2.11. The van der Waals surface area contributed by atoms with E-state index in [1.165, 1.54) is 6.07 Å². The standard InChI is InChI=1S/C13H13FN2O/c1-9(10-3-2-4-12(17)7-10)16-13-6-5-11(14)8-15-13/h2-9,17H,1H3,(H,15,16)/t9-/m1/s1. The van der Waals surface area contributed by atoms with Crippen LogP contribution in [0.2, 0.25) is 0 Å². The van der Waals surface area contributed by atoms with E-state index in [1.54, 1.807) is 24.3 Å². The molecule has 4 heteroatoms. The first-order valence-electron chi connectivity index (χ1n) is 5.32. The van der Waals surface area contributed by atoms with Crippen molar-refractivity contribution in [3.8, 4) is 5.75 Å². The van der Waals surface area contributed by atoms with Crippen molar-refractivity contribution in [2.75, 3.05) is 5.32 Å². The SMILES string of the molecule is C[C@@H](Nc1ccc(F)cn1)c1cccc(O)c1. The van der Waals surface area contributed by atoms with Crippen LogP contribution in [0.5, 0.6) is 5.75 Å². The number of rotatable bonds is 3. The predicted molar refractivity (Wildman–Crippen MR) is 64.3 cm³/mol. The monoisotopic (exact) mass is 232 g/mol. The van der Waals surface area contributed by atoms with Gasteiger partial charge in [-0.1, -0.05) is 12.1 Å². The van der Waals surface area contributed by atoms with E-state index in [9.17, 15) is 9.50 Å². The summed E-state index contributed by atoms with van der Waals surface area (Å²) in [5, 5.41) is 12.5. The number of pyridine rings is 1. The molecule has 0 aliphatic rings. The Morgan fingerprint density at radius 1 is 1.29 bits per heavy atom. The molecule has 0 fully saturated rings. The van der Waals surface area contributed by atoms with Crippen LogP contribution in [0.4, 0.5) is 10.2 Å². The lowest BCUT2D eigenvalue weighted by atomic mass is 10.1. The number of anilines is 1. The van der Waals surface area contributed by atoms with Gasteiger partial charge in [0.1, 0.15) is 17.4 Å². The van der Waals surface area contributed by atoms with Gasteiger partial charge in [-0.2, -0.15) is 0 Å². The number of aromatic nitrogens is 1. The molecule has 0 radical (unpaired) electrons. The van der Waals surface area contributed by atoms with Crippen LogP contribution in [-0.4, -0.2) is 10.1 Å². The van der Waals surface area contributed by atoms with Crippen molar-refractivity contribution >= 4 is 5.82 Å². The van der Waals surface area contributed by atoms with Gasteiger partial charge in [-0.15, -0.1) is 0 Å². The molecule has 1 aromatic carbocycles. The normalized spacial score (nSPS) is 12.1. The lowest BCUT2D eigenvalue weighted by molar-refractivity contribution is 0.474. The number of aromatic hydroxyl groups is 1. The average molecular weight is 232 g/mol. The smallest absolute Gasteiger partial charge is 0.141 e. The molecule has 0 saturated heterocycles. The molecule has 0 amide bonds. The summed E-state index contributed by atoms with van der Waals surface area (Å²) in [7, 11) is 0. The molecule has 0 bridgehead atoms. The molecule has 0 aliphatic heterocycles. The van der Waals surface area contributed by atoms with E-state index in [-0.39, 0.29) is 17.6 Å². The molecule has 88 valence electrons. The van der Waals surface area contributed by atoms with Crippen molar-refractivity contribution in [2.24, 2.45) is 0 Å². The van der Waals surface area contributed by atoms with Crippen molar-refractivity contribution in [2.45, 2.75) is 13.0 Å². The number of phenols is 1. The molecule has 0 unspecified atom stereocenters. The fourth-order valence-electron chi connectivity index (χ4n) is 1.56. The van der Waals surface area contributed by atoms with Gasteiger partial charge in [0.15, 0.2) is 0 Å². The number of halogens is 1. The summed E-state index contributed by atoms with van der Waals surface area (Å²) in [4.78, 5) is 3.92. The van der Waals surface area contributed by atoms with Crippen molar-refractivity contribution in [1.82, 2.24) is 4.98 Å². The van der Waals surface area contributed by atoms with Crippen molar-refractivity contribution in [1.29, 1.82) is 0 Å². The van der Waals surface area contributed by atoms with Gasteiger partial charge in [0, 0.05) is 0 Å². The topological polar surface area (TPSA) is 45.2 Å². The molecule has 2 aromatic rings. The molecular weight excluding hydrogens is 219 g/mol. The quantitative estimate of drug-likeness (QED) is 0.854. The molecule has 1 atom stereocenters. The lowest BCUT2D eigenvalue weighted by Gasteiger charge is -2.14. The number of hydrogen-bond donors (Lipinski definition) is 2. The summed E-state index contributed by atoms with van der Waals surface area (Å²) in [6.45, 7) is 1.94. The maximum Gasteiger partial charge on any atom is 0.141 e. The van der Waals surface area contributed by atoms with E-state index in [0.29, 0.717) is 5.82 Å². The molecule has 17 heavy (non-hydrogen) atoms. The molecule has 2 N–H and O–H groups in total. The van der Waals surface area contributed by atoms with Gasteiger partial charge in [-0.3, -0.25) is 0 Å². The van der Waals surface area contributed by atoms with Crippen molar-refractivity contribution < 1.29 is 9.50 Å². The Bertz CT molecular complexity index is 499. The van der Waals surface area contributed by atoms with E-state index >= 15 is 0 Å². The minimum atomic E-state index is -0.361. The highest BCUT2D eigenvalue weighted by molar-refractivity contribution is 5.39. The van der Waals surface area contributed by atoms with Crippen LogP contribution >= 0.6 is 0 Å². The van der Waals surface area contributed by atoms with Gasteiger partial charge >= 0.3 is 0 Å². The van der Waals surface area contributed by atoms with Gasteiger partial charge < -0.3 is 10.4 Å². The Morgan fingerprint density at radius 3 is 2.76 bits per heavy atom. The van der Waals surface area contributed by atoms with Crippen LogP contribution in [0.25, 0.3) is 0 Å². The second-order valence-corrected chi connectivity index (χ2v) is 3.82. The first kappa shape index (κ1) is 11.4. The molecule has 1 aromatic heterocycles. The summed E-state index contributed by atoms with van der Waals surface area (Å²) in [5.41, 5.74) is 0.941. The summed E-state index contributed by atoms with van der Waals surface area (Å²) < 4.78 is 12.7. The van der Waals surface area contributed by atoms with Gasteiger partial charge in [0.2, 0.25) is 0 Å². The van der Waals surface area contributed by atoms with Crippen LogP contribution in [0.3, 0.4) is 0 Å². The van der Waals surface area contributed by atoms with Crippen LogP contribution in [-0.2, 0) is 0 Å². The van der Waals surface area contributed by atoms with E-state index in [0.717, 1.165) is 11.8 Å². The predicted octanol–water partition coefficient (Wildman–Crippen LogP) is 3.10. The van der Waals surface area contributed by atoms with E-state index in [2.05, 4.69) is 10.3 Å². The Morgan fingerprint density at radius 2 is 2.12 bits per heavy atom. The summed E-state index contributed by atoms with van der Waals surface area (Å²) in [6.07, 6.45) is 1.16. The maximum absolute atomic E-state index is 12.7. The van der Waals surface area contributed by atoms with Crippen LogP contribution in [0, 0.1) is 5.82 Å². The third-order valence-corrected chi connectivity index (χ3v) is 2.46. The number of hydrogen-bond acceptors (Lipinski definition) is 3. The molecular formula is C13H13FN2O. The number of phenolic OH excluding ortho intramolecular Hbond substituents is 1. The van der Waals surface area contributed by atoms with Crippen LogP contribution < -0.4 is 5.32 Å². The summed E-state index contributed by atoms with van der Waals surface area (Å²) in [6, 6.07) is 9.90. The van der Waals surface area contributed by atoms with E-state index in [4.69, 9.17) is 0 Å². The van der Waals surface area contributed by atoms with Crippen LogP contribution in [0.1, 0.15) is 18.5 Å². The third kappa shape index (κ3) is 2.93. The fourth-order valence-corrected chi connectivity index (χ4v) is 1.56. The zero-order valence-corrected chi connectivity index (χ0v) is 9.39. The first-order chi connectivity index (χ1) is 8.15. The zero-order valence-electron chi connectivity index (χ0n) is 9.39. The number of benzene rings is 1. The zero-order chi connectivity index (χ0) is 12.3. The minimum absolute atomic E-state index is 0.0138. The van der Waals surface area contributed by atoms with Crippen molar-refractivity contribution in [3.05, 3.63) is 54.0 Å². The van der Waals surface area contributed by atoms with Gasteiger partial charge in [-0.25, -0.2) is 9.37 Å². The Kier molecular flexibility index (Phi) is 3.23. The highest BCUT2D eigenvalue weighted by Crippen LogP contribution is 2.21. The average Bonchev–Trinajstić information content (AvgIpc) is 2.32. The fraction of sp³-hybridized carbons (Fsp3) is 0.154. The maximum atomic E-state index is 12.7. The van der Waals surface area contributed by atoms with Crippen LogP contribution in [0.15, 0.2) is 42.6 Å². The highest BCUT2D eigenvalue weighted by Gasteiger charge is 2.06. The van der Waals surface area contributed by atoms with Crippen molar-refractivity contribution in [3.63, 3.8) is 0 Å².